The molecule has 0 bridgehead atoms. The number of carbonyl (C=O) groups is 2. The third kappa shape index (κ3) is 3.55. The predicted molar refractivity (Wildman–Crippen MR) is 93.2 cm³/mol. The van der Waals surface area contributed by atoms with E-state index in [2.05, 4.69) is 21.2 Å². The van der Waals surface area contributed by atoms with Crippen LogP contribution in [0.15, 0.2) is 69.6 Å². The van der Waals surface area contributed by atoms with Crippen molar-refractivity contribution in [2.45, 2.75) is 0 Å². The van der Waals surface area contributed by atoms with Gasteiger partial charge in [0.15, 0.2) is 5.76 Å². The van der Waals surface area contributed by atoms with Crippen molar-refractivity contribution < 1.29 is 19.1 Å². The van der Waals surface area contributed by atoms with Gasteiger partial charge < -0.3 is 14.8 Å². The number of nitrogens with one attached hydrogen (secondary N) is 1. The van der Waals surface area contributed by atoms with Crippen molar-refractivity contribution in [3.63, 3.8) is 0 Å². The SMILES string of the molecule is O=C(O)c1ccc(NC(=O)c2ccc(-c3ccc(Br)cc3)o2)cc1. The highest BCUT2D eigenvalue weighted by molar-refractivity contribution is 9.10. The van der Waals surface area contributed by atoms with Crippen molar-refractivity contribution in [1.29, 1.82) is 0 Å². The van der Waals surface area contributed by atoms with Crippen LogP contribution in [0.1, 0.15) is 20.9 Å². The summed E-state index contributed by atoms with van der Waals surface area (Å²) in [5.74, 6) is -0.649. The zero-order chi connectivity index (χ0) is 17.1. The molecule has 120 valence electrons. The second-order valence-electron chi connectivity index (χ2n) is 5.01. The number of benzene rings is 2. The molecule has 2 N–H and O–H groups in total. The van der Waals surface area contributed by atoms with Gasteiger partial charge in [-0.3, -0.25) is 4.79 Å². The Morgan fingerprint density at radius 1 is 0.917 bits per heavy atom. The van der Waals surface area contributed by atoms with E-state index in [1.54, 1.807) is 12.1 Å². The van der Waals surface area contributed by atoms with Gasteiger partial charge in [-0.05, 0) is 48.5 Å². The number of hydrogen-bond acceptors (Lipinski definition) is 3. The van der Waals surface area contributed by atoms with Crippen LogP contribution in [-0.4, -0.2) is 17.0 Å². The highest BCUT2D eigenvalue weighted by Crippen LogP contribution is 2.24. The van der Waals surface area contributed by atoms with E-state index >= 15 is 0 Å². The van der Waals surface area contributed by atoms with E-state index in [0.29, 0.717) is 11.4 Å². The van der Waals surface area contributed by atoms with Gasteiger partial charge in [0, 0.05) is 15.7 Å². The summed E-state index contributed by atoms with van der Waals surface area (Å²) in [6.45, 7) is 0. The van der Waals surface area contributed by atoms with E-state index in [1.165, 1.54) is 24.3 Å². The van der Waals surface area contributed by atoms with Gasteiger partial charge in [0.05, 0.1) is 5.56 Å². The van der Waals surface area contributed by atoms with Gasteiger partial charge in [-0.1, -0.05) is 28.1 Å². The first-order chi connectivity index (χ1) is 11.5. The lowest BCUT2D eigenvalue weighted by Crippen LogP contribution is -2.11. The summed E-state index contributed by atoms with van der Waals surface area (Å²) in [6.07, 6.45) is 0. The second kappa shape index (κ2) is 6.72. The molecule has 24 heavy (non-hydrogen) atoms. The van der Waals surface area contributed by atoms with Crippen molar-refractivity contribution in [2.24, 2.45) is 0 Å². The molecule has 0 aliphatic rings. The minimum absolute atomic E-state index is 0.156. The number of carbonyl (C=O) groups excluding carboxylic acids is 1. The van der Waals surface area contributed by atoms with Gasteiger partial charge in [0.2, 0.25) is 0 Å². The second-order valence-corrected chi connectivity index (χ2v) is 5.92. The fourth-order valence-corrected chi connectivity index (χ4v) is 2.38. The molecule has 0 saturated heterocycles. The summed E-state index contributed by atoms with van der Waals surface area (Å²) in [4.78, 5) is 23.0. The zero-order valence-electron chi connectivity index (χ0n) is 12.3. The lowest BCUT2D eigenvalue weighted by Gasteiger charge is -2.03. The number of hydrogen-bond donors (Lipinski definition) is 2. The van der Waals surface area contributed by atoms with E-state index < -0.39 is 11.9 Å². The van der Waals surface area contributed by atoms with Crippen LogP contribution in [0.25, 0.3) is 11.3 Å². The number of rotatable bonds is 4. The Balaban J connectivity index is 1.73. The maximum atomic E-state index is 12.2. The molecule has 0 saturated carbocycles. The Morgan fingerprint density at radius 2 is 1.58 bits per heavy atom. The lowest BCUT2D eigenvalue weighted by atomic mass is 10.2. The largest absolute Gasteiger partial charge is 0.478 e. The van der Waals surface area contributed by atoms with Gasteiger partial charge in [-0.2, -0.15) is 0 Å². The number of anilines is 1. The van der Waals surface area contributed by atoms with Gasteiger partial charge in [0.1, 0.15) is 5.76 Å². The molecule has 1 amide bonds. The number of carboxylic acid groups (broad SMARTS) is 1. The van der Waals surface area contributed by atoms with E-state index in [0.717, 1.165) is 10.0 Å². The van der Waals surface area contributed by atoms with Crippen molar-refractivity contribution in [2.75, 3.05) is 5.32 Å². The Bertz CT molecular complexity index is 882. The molecule has 0 unspecified atom stereocenters. The average Bonchev–Trinajstić information content (AvgIpc) is 3.06. The Hall–Kier alpha value is -2.86. The molecule has 3 rings (SSSR count). The van der Waals surface area contributed by atoms with Crippen LogP contribution in [0.3, 0.4) is 0 Å². The maximum absolute atomic E-state index is 12.2. The van der Waals surface area contributed by atoms with Crippen molar-refractivity contribution in [3.05, 3.63) is 76.5 Å². The van der Waals surface area contributed by atoms with Crippen molar-refractivity contribution in [1.82, 2.24) is 0 Å². The Morgan fingerprint density at radius 3 is 2.21 bits per heavy atom. The van der Waals surface area contributed by atoms with Gasteiger partial charge in [-0.15, -0.1) is 0 Å². The molecule has 2 aromatic carbocycles. The van der Waals surface area contributed by atoms with E-state index in [-0.39, 0.29) is 11.3 Å². The summed E-state index contributed by atoms with van der Waals surface area (Å²) in [5.41, 5.74) is 1.51. The fourth-order valence-electron chi connectivity index (χ4n) is 2.12. The summed E-state index contributed by atoms with van der Waals surface area (Å²) in [5, 5.41) is 11.5. The number of halogens is 1. The number of carboxylic acids is 1. The van der Waals surface area contributed by atoms with E-state index in [1.807, 2.05) is 24.3 Å². The average molecular weight is 386 g/mol. The molecule has 0 spiro atoms. The van der Waals surface area contributed by atoms with Crippen LogP contribution in [0.2, 0.25) is 0 Å². The third-order valence-corrected chi connectivity index (χ3v) is 3.88. The fraction of sp³-hybridized carbons (Fsp3) is 0. The summed E-state index contributed by atoms with van der Waals surface area (Å²) >= 11 is 3.37. The number of furan rings is 1. The van der Waals surface area contributed by atoms with Crippen LogP contribution in [0.4, 0.5) is 5.69 Å². The molecule has 0 atom stereocenters. The van der Waals surface area contributed by atoms with Crippen LogP contribution in [0, 0.1) is 0 Å². The number of aromatic carboxylic acids is 1. The molecule has 6 heteroatoms. The topological polar surface area (TPSA) is 79.5 Å². The molecule has 0 fully saturated rings. The first kappa shape index (κ1) is 16.0. The van der Waals surface area contributed by atoms with Gasteiger partial charge in [-0.25, -0.2) is 4.79 Å². The molecule has 0 aliphatic carbocycles. The highest BCUT2D eigenvalue weighted by atomic mass is 79.9. The van der Waals surface area contributed by atoms with Crippen LogP contribution in [0.5, 0.6) is 0 Å². The van der Waals surface area contributed by atoms with Crippen LogP contribution >= 0.6 is 15.9 Å². The molecular formula is C18H12BrNO4. The maximum Gasteiger partial charge on any atom is 0.335 e. The summed E-state index contributed by atoms with van der Waals surface area (Å²) < 4.78 is 6.54. The molecule has 0 radical (unpaired) electrons. The quantitative estimate of drug-likeness (QED) is 0.684. The summed E-state index contributed by atoms with van der Waals surface area (Å²) in [7, 11) is 0. The van der Waals surface area contributed by atoms with E-state index in [4.69, 9.17) is 9.52 Å². The highest BCUT2D eigenvalue weighted by Gasteiger charge is 2.13. The molecule has 1 aromatic heterocycles. The van der Waals surface area contributed by atoms with E-state index in [9.17, 15) is 9.59 Å². The molecule has 5 nitrogen and oxygen atoms in total. The third-order valence-electron chi connectivity index (χ3n) is 3.35. The number of amides is 1. The minimum atomic E-state index is -1.02. The van der Waals surface area contributed by atoms with Crippen LogP contribution in [-0.2, 0) is 0 Å². The lowest BCUT2D eigenvalue weighted by molar-refractivity contribution is 0.0696. The smallest absolute Gasteiger partial charge is 0.335 e. The minimum Gasteiger partial charge on any atom is -0.478 e. The monoisotopic (exact) mass is 385 g/mol. The van der Waals surface area contributed by atoms with Gasteiger partial charge in [0.25, 0.3) is 5.91 Å². The molecule has 1 heterocycles. The molecule has 0 aliphatic heterocycles. The normalized spacial score (nSPS) is 10.4. The molecular weight excluding hydrogens is 374 g/mol. The first-order valence-electron chi connectivity index (χ1n) is 7.03. The van der Waals surface area contributed by atoms with Gasteiger partial charge >= 0.3 is 5.97 Å². The first-order valence-corrected chi connectivity index (χ1v) is 7.83. The van der Waals surface area contributed by atoms with Crippen molar-refractivity contribution in [3.8, 4) is 11.3 Å². The zero-order valence-corrected chi connectivity index (χ0v) is 13.9. The van der Waals surface area contributed by atoms with Crippen LogP contribution < -0.4 is 5.32 Å². The summed E-state index contributed by atoms with van der Waals surface area (Å²) in [6, 6.07) is 16.8. The van der Waals surface area contributed by atoms with Crippen molar-refractivity contribution >= 4 is 33.5 Å². The predicted octanol–water partition coefficient (Wildman–Crippen LogP) is 4.66. The standard InChI is InChI=1S/C18H12BrNO4/c19-13-5-1-11(2-6-13)15-9-10-16(24-15)17(21)20-14-7-3-12(4-8-14)18(22)23/h1-10H,(H,20,21)(H,22,23). The Kier molecular flexibility index (Phi) is 4.48. The molecule has 3 aromatic rings. The Labute approximate surface area is 146 Å².